The summed E-state index contributed by atoms with van der Waals surface area (Å²) in [7, 11) is 0. The summed E-state index contributed by atoms with van der Waals surface area (Å²) in [6, 6.07) is 5.68. The Morgan fingerprint density at radius 3 is 2.86 bits per heavy atom. The molecule has 0 bridgehead atoms. The number of hydrogen-bond donors (Lipinski definition) is 2. The molecular weight excluding hydrogens is 376 g/mol. The minimum Gasteiger partial charge on any atom is -0.486 e. The van der Waals surface area contributed by atoms with E-state index >= 15 is 0 Å². The normalized spacial score (nSPS) is 15.3. The first kappa shape index (κ1) is 17.2. The molecule has 3 N–H and O–H groups in total. The fourth-order valence-corrected chi connectivity index (χ4v) is 4.78. The number of rotatable bonds is 3. The van der Waals surface area contributed by atoms with Gasteiger partial charge in [0.1, 0.15) is 22.9 Å². The van der Waals surface area contributed by atoms with Crippen molar-refractivity contribution in [2.75, 3.05) is 18.9 Å². The zero-order valence-corrected chi connectivity index (χ0v) is 16.1. The second kappa shape index (κ2) is 6.94. The molecule has 1 amide bonds. The highest BCUT2D eigenvalue weighted by molar-refractivity contribution is 7.21. The molecule has 0 radical (unpaired) electrons. The van der Waals surface area contributed by atoms with Gasteiger partial charge >= 0.3 is 0 Å². The van der Waals surface area contributed by atoms with E-state index in [0.717, 1.165) is 58.5 Å². The zero-order valence-electron chi connectivity index (χ0n) is 15.3. The third-order valence-corrected chi connectivity index (χ3v) is 6.28. The molecule has 3 heterocycles. The van der Waals surface area contributed by atoms with E-state index in [1.165, 1.54) is 11.3 Å². The zero-order chi connectivity index (χ0) is 19.1. The lowest BCUT2D eigenvalue weighted by atomic mass is 9.94. The van der Waals surface area contributed by atoms with E-state index in [1.54, 1.807) is 0 Å². The largest absolute Gasteiger partial charge is 0.486 e. The summed E-state index contributed by atoms with van der Waals surface area (Å²) >= 11 is 1.31. The molecule has 28 heavy (non-hydrogen) atoms. The van der Waals surface area contributed by atoms with Crippen LogP contribution in [0.1, 0.15) is 39.3 Å². The van der Waals surface area contributed by atoms with Crippen LogP contribution >= 0.6 is 11.3 Å². The molecule has 1 aliphatic heterocycles. The van der Waals surface area contributed by atoms with Gasteiger partial charge < -0.3 is 20.5 Å². The molecule has 3 aromatic rings. The predicted molar refractivity (Wildman–Crippen MR) is 107 cm³/mol. The van der Waals surface area contributed by atoms with Crippen molar-refractivity contribution < 1.29 is 14.3 Å². The van der Waals surface area contributed by atoms with Gasteiger partial charge in [-0.2, -0.15) is 5.10 Å². The molecule has 0 spiro atoms. The van der Waals surface area contributed by atoms with Crippen molar-refractivity contribution >= 4 is 33.1 Å². The van der Waals surface area contributed by atoms with Gasteiger partial charge in [0, 0.05) is 11.9 Å². The fourth-order valence-electron chi connectivity index (χ4n) is 3.80. The van der Waals surface area contributed by atoms with Gasteiger partial charge in [-0.3, -0.25) is 4.79 Å². The van der Waals surface area contributed by atoms with E-state index in [1.807, 2.05) is 18.2 Å². The van der Waals surface area contributed by atoms with Crippen LogP contribution in [-0.4, -0.2) is 29.3 Å². The number of hydrogen-bond acceptors (Lipinski definition) is 7. The number of thiophene rings is 1. The number of aromatic nitrogens is 2. The average molecular weight is 396 g/mol. The van der Waals surface area contributed by atoms with E-state index in [2.05, 4.69) is 15.5 Å². The summed E-state index contributed by atoms with van der Waals surface area (Å²) in [6.07, 6.45) is 4.12. The molecule has 2 aromatic heterocycles. The highest BCUT2D eigenvalue weighted by Crippen LogP contribution is 2.37. The van der Waals surface area contributed by atoms with Crippen LogP contribution in [0.5, 0.6) is 11.5 Å². The Morgan fingerprint density at radius 1 is 1.14 bits per heavy atom. The third-order valence-electron chi connectivity index (χ3n) is 5.19. The number of anilines is 1. The van der Waals surface area contributed by atoms with Crippen LogP contribution in [0.15, 0.2) is 18.2 Å². The lowest BCUT2D eigenvalue weighted by Crippen LogP contribution is -2.23. The number of nitrogens with zero attached hydrogens (tertiary/aromatic N) is 2. The Labute approximate surface area is 165 Å². The molecule has 0 atom stereocenters. The van der Waals surface area contributed by atoms with Crippen LogP contribution in [0, 0.1) is 0 Å². The number of nitrogen functional groups attached to an aromatic ring is 1. The Balaban J connectivity index is 1.38. The second-order valence-electron chi connectivity index (χ2n) is 7.02. The molecule has 1 aromatic carbocycles. The highest BCUT2D eigenvalue weighted by atomic mass is 32.1. The lowest BCUT2D eigenvalue weighted by molar-refractivity contribution is 0.0955. The summed E-state index contributed by atoms with van der Waals surface area (Å²) in [5, 5.41) is 12.5. The van der Waals surface area contributed by atoms with Gasteiger partial charge in [0.2, 0.25) is 0 Å². The van der Waals surface area contributed by atoms with Crippen LogP contribution < -0.4 is 20.5 Å². The first-order valence-electron chi connectivity index (χ1n) is 9.44. The number of amides is 1. The molecule has 1 aliphatic carbocycles. The van der Waals surface area contributed by atoms with Crippen LogP contribution in [0.3, 0.4) is 0 Å². The monoisotopic (exact) mass is 396 g/mol. The minimum atomic E-state index is -0.194. The van der Waals surface area contributed by atoms with Crippen molar-refractivity contribution in [3.63, 3.8) is 0 Å². The van der Waals surface area contributed by atoms with E-state index in [-0.39, 0.29) is 5.91 Å². The molecule has 144 valence electrons. The number of aryl methyl sites for hydroxylation is 2. The Bertz CT molecular complexity index is 1080. The first-order valence-corrected chi connectivity index (χ1v) is 10.3. The molecule has 0 saturated carbocycles. The van der Waals surface area contributed by atoms with Gasteiger partial charge in [-0.15, -0.1) is 16.4 Å². The minimum absolute atomic E-state index is 0.194. The van der Waals surface area contributed by atoms with Crippen molar-refractivity contribution in [1.29, 1.82) is 0 Å². The van der Waals surface area contributed by atoms with Gasteiger partial charge in [0.25, 0.3) is 5.91 Å². The van der Waals surface area contributed by atoms with Gasteiger partial charge in [0.05, 0.1) is 11.4 Å². The van der Waals surface area contributed by atoms with E-state index in [0.29, 0.717) is 36.1 Å². The van der Waals surface area contributed by atoms with Gasteiger partial charge in [0.15, 0.2) is 11.5 Å². The maximum atomic E-state index is 12.8. The predicted octanol–water partition coefficient (Wildman–Crippen LogP) is 2.85. The maximum absolute atomic E-state index is 12.8. The van der Waals surface area contributed by atoms with Crippen molar-refractivity contribution in [3.8, 4) is 11.5 Å². The smallest absolute Gasteiger partial charge is 0.263 e. The topological polar surface area (TPSA) is 99.4 Å². The quantitative estimate of drug-likeness (QED) is 0.706. The van der Waals surface area contributed by atoms with Crippen molar-refractivity contribution in [3.05, 3.63) is 39.9 Å². The number of nitrogens with two attached hydrogens (primary N) is 1. The Kier molecular flexibility index (Phi) is 4.27. The summed E-state index contributed by atoms with van der Waals surface area (Å²) in [4.78, 5) is 14.0. The van der Waals surface area contributed by atoms with E-state index in [9.17, 15) is 4.79 Å². The maximum Gasteiger partial charge on any atom is 0.263 e. The summed E-state index contributed by atoms with van der Waals surface area (Å²) in [5.41, 5.74) is 10.0. The Morgan fingerprint density at radius 2 is 1.96 bits per heavy atom. The van der Waals surface area contributed by atoms with Gasteiger partial charge in [-0.25, -0.2) is 0 Å². The van der Waals surface area contributed by atoms with Crippen molar-refractivity contribution in [1.82, 2.24) is 15.5 Å². The molecule has 0 unspecified atom stereocenters. The van der Waals surface area contributed by atoms with Gasteiger partial charge in [-0.05, 0) is 48.9 Å². The molecular formula is C20H20N4O3S. The van der Waals surface area contributed by atoms with Crippen LogP contribution in [0.2, 0.25) is 0 Å². The standard InChI is InChI=1S/C20H20N4O3S/c21-17-16-12-3-1-2-4-13(12)23-24-20(16)28-18(17)19(25)22-10-11-5-6-14-15(9-11)27-8-7-26-14/h5-6,9H,1-4,7-8,10,21H2,(H,22,25). The van der Waals surface area contributed by atoms with Crippen LogP contribution in [-0.2, 0) is 19.4 Å². The fraction of sp³-hybridized carbons (Fsp3) is 0.350. The third kappa shape index (κ3) is 2.93. The highest BCUT2D eigenvalue weighted by Gasteiger charge is 2.23. The molecule has 0 saturated heterocycles. The Hall–Kier alpha value is -2.87. The molecule has 8 heteroatoms. The SMILES string of the molecule is Nc1c(C(=O)NCc2ccc3c(c2)OCCO3)sc2nnc3c(c12)CCCC3. The number of carbonyl (C=O) groups is 1. The van der Waals surface area contributed by atoms with Crippen molar-refractivity contribution in [2.24, 2.45) is 0 Å². The molecule has 0 fully saturated rings. The summed E-state index contributed by atoms with van der Waals surface area (Å²) < 4.78 is 11.1. The van der Waals surface area contributed by atoms with E-state index < -0.39 is 0 Å². The van der Waals surface area contributed by atoms with E-state index in [4.69, 9.17) is 15.2 Å². The molecule has 5 rings (SSSR count). The number of carbonyl (C=O) groups excluding carboxylic acids is 1. The number of ether oxygens (including phenoxy) is 2. The molecule has 2 aliphatic rings. The lowest BCUT2D eigenvalue weighted by Gasteiger charge is -2.18. The number of nitrogens with one attached hydrogen (secondary N) is 1. The summed E-state index contributed by atoms with van der Waals surface area (Å²) in [6.45, 7) is 1.47. The van der Waals surface area contributed by atoms with Crippen LogP contribution in [0.25, 0.3) is 10.2 Å². The van der Waals surface area contributed by atoms with Gasteiger partial charge in [-0.1, -0.05) is 6.07 Å². The van der Waals surface area contributed by atoms with Crippen molar-refractivity contribution in [2.45, 2.75) is 32.2 Å². The molecule has 7 nitrogen and oxygen atoms in total. The van der Waals surface area contributed by atoms with Crippen LogP contribution in [0.4, 0.5) is 5.69 Å². The number of benzene rings is 1. The number of fused-ring (bicyclic) bond motifs is 4. The second-order valence-corrected chi connectivity index (χ2v) is 8.02. The summed E-state index contributed by atoms with van der Waals surface area (Å²) in [5.74, 6) is 1.25. The first-order chi connectivity index (χ1) is 13.7. The average Bonchev–Trinajstić information content (AvgIpc) is 3.09.